The Morgan fingerprint density at radius 3 is 2.47 bits per heavy atom. The van der Waals surface area contributed by atoms with Crippen molar-refractivity contribution in [3.63, 3.8) is 0 Å². The molecule has 0 fully saturated rings. The summed E-state index contributed by atoms with van der Waals surface area (Å²) < 4.78 is 21.8. The first-order valence-electron chi connectivity index (χ1n) is 6.26. The molecule has 0 saturated heterocycles. The standard InChI is InChI=1S/C14H23NO3S/c1-10(9-19(5)16)15-11(2)13-8-12(17-3)6-7-14(13)18-4/h6-8,10-11,15H,9H2,1-5H3. The minimum atomic E-state index is -0.800. The molecule has 4 nitrogen and oxygen atoms in total. The Kier molecular flexibility index (Phi) is 6.31. The van der Waals surface area contributed by atoms with Crippen LogP contribution in [0.25, 0.3) is 0 Å². The van der Waals surface area contributed by atoms with Crippen LogP contribution >= 0.6 is 0 Å². The molecule has 0 aliphatic heterocycles. The van der Waals surface area contributed by atoms with Gasteiger partial charge in [-0.2, -0.15) is 0 Å². The lowest BCUT2D eigenvalue weighted by Crippen LogP contribution is -2.33. The lowest BCUT2D eigenvalue weighted by molar-refractivity contribution is 0.389. The van der Waals surface area contributed by atoms with Crippen LogP contribution < -0.4 is 14.8 Å². The molecule has 0 aliphatic carbocycles. The van der Waals surface area contributed by atoms with Crippen molar-refractivity contribution in [1.29, 1.82) is 0 Å². The van der Waals surface area contributed by atoms with Crippen LogP contribution in [-0.4, -0.2) is 36.5 Å². The van der Waals surface area contributed by atoms with Crippen molar-refractivity contribution in [2.45, 2.75) is 25.9 Å². The molecule has 3 atom stereocenters. The topological polar surface area (TPSA) is 47.6 Å². The first-order chi connectivity index (χ1) is 8.97. The Hall–Kier alpha value is -1.07. The molecule has 3 unspecified atom stereocenters. The Morgan fingerprint density at radius 1 is 1.26 bits per heavy atom. The maximum absolute atomic E-state index is 11.2. The van der Waals surface area contributed by atoms with Gasteiger partial charge in [0.2, 0.25) is 0 Å². The van der Waals surface area contributed by atoms with Crippen molar-refractivity contribution in [2.75, 3.05) is 26.2 Å². The van der Waals surface area contributed by atoms with Gasteiger partial charge in [-0.15, -0.1) is 0 Å². The zero-order valence-electron chi connectivity index (χ0n) is 12.2. The van der Waals surface area contributed by atoms with E-state index in [0.717, 1.165) is 17.1 Å². The van der Waals surface area contributed by atoms with Crippen LogP contribution in [0.2, 0.25) is 0 Å². The molecule has 0 aliphatic rings. The van der Waals surface area contributed by atoms with Crippen LogP contribution in [0.3, 0.4) is 0 Å². The summed E-state index contributed by atoms with van der Waals surface area (Å²) in [6.07, 6.45) is 1.72. The Morgan fingerprint density at radius 2 is 1.95 bits per heavy atom. The summed E-state index contributed by atoms with van der Waals surface area (Å²) >= 11 is 0. The van der Waals surface area contributed by atoms with Gasteiger partial charge in [0.15, 0.2) is 0 Å². The molecule has 0 heterocycles. The van der Waals surface area contributed by atoms with E-state index < -0.39 is 10.8 Å². The molecule has 0 aromatic heterocycles. The van der Waals surface area contributed by atoms with E-state index in [1.54, 1.807) is 20.5 Å². The SMILES string of the molecule is COc1ccc(OC)c(C(C)NC(C)CS(C)=O)c1. The minimum Gasteiger partial charge on any atom is -0.497 e. The average molecular weight is 285 g/mol. The largest absolute Gasteiger partial charge is 0.497 e. The maximum atomic E-state index is 11.2. The predicted octanol–water partition coefficient (Wildman–Crippen LogP) is 2.12. The molecule has 0 amide bonds. The van der Waals surface area contributed by atoms with Crippen LogP contribution in [0.1, 0.15) is 25.5 Å². The quantitative estimate of drug-likeness (QED) is 0.833. The van der Waals surface area contributed by atoms with E-state index >= 15 is 0 Å². The van der Waals surface area contributed by atoms with Crippen molar-refractivity contribution in [1.82, 2.24) is 5.32 Å². The second-order valence-electron chi connectivity index (χ2n) is 4.64. The molecule has 0 bridgehead atoms. The van der Waals surface area contributed by atoms with E-state index in [-0.39, 0.29) is 12.1 Å². The summed E-state index contributed by atoms with van der Waals surface area (Å²) in [6, 6.07) is 6.01. The zero-order valence-corrected chi connectivity index (χ0v) is 13.0. The van der Waals surface area contributed by atoms with Gasteiger partial charge in [0.1, 0.15) is 11.5 Å². The lowest BCUT2D eigenvalue weighted by atomic mass is 10.1. The number of ether oxygens (including phenoxy) is 2. The summed E-state index contributed by atoms with van der Waals surface area (Å²) in [6.45, 7) is 4.09. The molecule has 0 spiro atoms. The fourth-order valence-corrected chi connectivity index (χ4v) is 2.89. The van der Waals surface area contributed by atoms with Gasteiger partial charge in [-0.1, -0.05) is 0 Å². The number of hydrogen-bond acceptors (Lipinski definition) is 4. The molecule has 1 rings (SSSR count). The maximum Gasteiger partial charge on any atom is 0.123 e. The highest BCUT2D eigenvalue weighted by Gasteiger charge is 2.15. The number of nitrogens with one attached hydrogen (secondary N) is 1. The number of hydrogen-bond donors (Lipinski definition) is 1. The molecule has 0 radical (unpaired) electrons. The Labute approximate surface area is 118 Å². The van der Waals surface area contributed by atoms with Crippen molar-refractivity contribution in [2.24, 2.45) is 0 Å². The normalized spacial score (nSPS) is 15.6. The summed E-state index contributed by atoms with van der Waals surface area (Å²) in [5.41, 5.74) is 1.04. The molecule has 0 saturated carbocycles. The molecule has 19 heavy (non-hydrogen) atoms. The third-order valence-corrected chi connectivity index (χ3v) is 3.89. The highest BCUT2D eigenvalue weighted by Crippen LogP contribution is 2.29. The van der Waals surface area contributed by atoms with Crippen LogP contribution in [0, 0.1) is 0 Å². The summed E-state index contributed by atoms with van der Waals surface area (Å²) in [5.74, 6) is 2.26. The fourth-order valence-electron chi connectivity index (χ4n) is 2.09. The monoisotopic (exact) mass is 285 g/mol. The van der Waals surface area contributed by atoms with Crippen molar-refractivity contribution < 1.29 is 13.7 Å². The van der Waals surface area contributed by atoms with Crippen LogP contribution in [0.4, 0.5) is 0 Å². The average Bonchev–Trinajstić information content (AvgIpc) is 2.36. The van der Waals surface area contributed by atoms with Gasteiger partial charge in [0.05, 0.1) is 14.2 Å². The van der Waals surface area contributed by atoms with Gasteiger partial charge >= 0.3 is 0 Å². The summed E-state index contributed by atoms with van der Waals surface area (Å²) in [7, 11) is 2.50. The van der Waals surface area contributed by atoms with Crippen molar-refractivity contribution >= 4 is 10.8 Å². The van der Waals surface area contributed by atoms with Gasteiger partial charge < -0.3 is 14.8 Å². The fraction of sp³-hybridized carbons (Fsp3) is 0.571. The molecular formula is C14H23NO3S. The van der Waals surface area contributed by atoms with E-state index in [1.807, 2.05) is 25.1 Å². The molecule has 108 valence electrons. The van der Waals surface area contributed by atoms with E-state index in [9.17, 15) is 4.21 Å². The number of rotatable bonds is 7. The van der Waals surface area contributed by atoms with Gasteiger partial charge in [-0.3, -0.25) is 4.21 Å². The molecular weight excluding hydrogens is 262 g/mol. The first-order valence-corrected chi connectivity index (χ1v) is 7.98. The second-order valence-corrected chi connectivity index (χ2v) is 6.12. The van der Waals surface area contributed by atoms with E-state index in [0.29, 0.717) is 5.75 Å². The van der Waals surface area contributed by atoms with E-state index in [4.69, 9.17) is 9.47 Å². The highest BCUT2D eigenvalue weighted by molar-refractivity contribution is 7.84. The van der Waals surface area contributed by atoms with Gasteiger partial charge in [0.25, 0.3) is 0 Å². The molecule has 1 aromatic rings. The number of methoxy groups -OCH3 is 2. The van der Waals surface area contributed by atoms with E-state index in [2.05, 4.69) is 12.2 Å². The third kappa shape index (κ3) is 4.84. The molecule has 5 heteroatoms. The zero-order chi connectivity index (χ0) is 14.4. The van der Waals surface area contributed by atoms with Gasteiger partial charge in [-0.05, 0) is 32.0 Å². The first kappa shape index (κ1) is 16.0. The van der Waals surface area contributed by atoms with Crippen molar-refractivity contribution in [3.8, 4) is 11.5 Å². The van der Waals surface area contributed by atoms with Crippen LogP contribution in [0.15, 0.2) is 18.2 Å². The smallest absolute Gasteiger partial charge is 0.123 e. The second kappa shape index (κ2) is 7.50. The Bertz CT molecular complexity index is 437. The molecule has 1 N–H and O–H groups in total. The van der Waals surface area contributed by atoms with Gasteiger partial charge in [-0.25, -0.2) is 0 Å². The van der Waals surface area contributed by atoms with Gasteiger partial charge in [0, 0.05) is 40.5 Å². The Balaban J connectivity index is 2.84. The lowest BCUT2D eigenvalue weighted by Gasteiger charge is -2.22. The third-order valence-electron chi connectivity index (χ3n) is 2.92. The minimum absolute atomic E-state index is 0.101. The predicted molar refractivity (Wildman–Crippen MR) is 79.5 cm³/mol. The number of benzene rings is 1. The highest BCUT2D eigenvalue weighted by atomic mass is 32.2. The van der Waals surface area contributed by atoms with Crippen LogP contribution in [0.5, 0.6) is 11.5 Å². The van der Waals surface area contributed by atoms with Crippen molar-refractivity contribution in [3.05, 3.63) is 23.8 Å². The summed E-state index contributed by atoms with van der Waals surface area (Å²) in [5, 5.41) is 3.42. The summed E-state index contributed by atoms with van der Waals surface area (Å²) in [4.78, 5) is 0. The van der Waals surface area contributed by atoms with Crippen LogP contribution in [-0.2, 0) is 10.8 Å². The van der Waals surface area contributed by atoms with E-state index in [1.165, 1.54) is 0 Å². The molecule has 1 aromatic carbocycles.